The number of para-hydroxylation sites is 1. The Balaban J connectivity index is 1.82. The topological polar surface area (TPSA) is 12.0 Å². The van der Waals surface area contributed by atoms with Crippen LogP contribution in [0.25, 0.3) is 0 Å². The van der Waals surface area contributed by atoms with Crippen LogP contribution >= 0.6 is 0 Å². The summed E-state index contributed by atoms with van der Waals surface area (Å²) in [5, 5.41) is 3.60. The molecule has 0 radical (unpaired) electrons. The molecule has 1 unspecified atom stereocenters. The van der Waals surface area contributed by atoms with Gasteiger partial charge >= 0.3 is 0 Å². The van der Waals surface area contributed by atoms with E-state index in [-0.39, 0.29) is 0 Å². The van der Waals surface area contributed by atoms with Crippen LogP contribution in [-0.2, 0) is 6.42 Å². The van der Waals surface area contributed by atoms with Gasteiger partial charge in [-0.15, -0.1) is 0 Å². The second-order valence-corrected chi connectivity index (χ2v) is 5.38. The van der Waals surface area contributed by atoms with Crippen molar-refractivity contribution in [2.24, 2.45) is 0 Å². The molecular formula is C17H19N. The van der Waals surface area contributed by atoms with Gasteiger partial charge in [-0.25, -0.2) is 0 Å². The highest BCUT2D eigenvalue weighted by molar-refractivity contribution is 5.58. The zero-order valence-corrected chi connectivity index (χ0v) is 11.0. The van der Waals surface area contributed by atoms with Crippen LogP contribution in [0.1, 0.15) is 42.5 Å². The van der Waals surface area contributed by atoms with Crippen molar-refractivity contribution in [3.05, 3.63) is 65.2 Å². The van der Waals surface area contributed by atoms with Crippen molar-refractivity contribution < 1.29 is 0 Å². The molecular weight excluding hydrogens is 218 g/mol. The van der Waals surface area contributed by atoms with Crippen LogP contribution in [0.15, 0.2) is 48.5 Å². The van der Waals surface area contributed by atoms with Crippen LogP contribution in [0.3, 0.4) is 0 Å². The molecule has 0 saturated heterocycles. The molecule has 1 heteroatoms. The highest BCUT2D eigenvalue weighted by Crippen LogP contribution is 2.34. The highest BCUT2D eigenvalue weighted by Gasteiger charge is 2.21. The molecule has 0 aromatic heterocycles. The third-order valence-electron chi connectivity index (χ3n) is 3.78. The van der Waals surface area contributed by atoms with E-state index in [2.05, 4.69) is 67.7 Å². The maximum absolute atomic E-state index is 3.60. The summed E-state index contributed by atoms with van der Waals surface area (Å²) in [4.78, 5) is 0. The van der Waals surface area contributed by atoms with E-state index in [0.717, 1.165) is 6.42 Å². The standard InChI is InChI=1S/C17H19N/c1-12(2)13-7-9-14(10-8-13)17-11-15-5-3-4-6-16(15)18-17/h3-10,12,17-18H,11H2,1-2H3. The quantitative estimate of drug-likeness (QED) is 0.809. The van der Waals surface area contributed by atoms with Crippen LogP contribution in [0, 0.1) is 0 Å². The second kappa shape index (κ2) is 4.49. The van der Waals surface area contributed by atoms with E-state index in [1.54, 1.807) is 0 Å². The van der Waals surface area contributed by atoms with E-state index < -0.39 is 0 Å². The predicted octanol–water partition coefficient (Wildman–Crippen LogP) is 4.52. The van der Waals surface area contributed by atoms with E-state index >= 15 is 0 Å². The summed E-state index contributed by atoms with van der Waals surface area (Å²) in [6.45, 7) is 4.47. The maximum atomic E-state index is 3.60. The van der Waals surface area contributed by atoms with E-state index in [9.17, 15) is 0 Å². The first-order valence-corrected chi connectivity index (χ1v) is 6.68. The molecule has 2 aromatic carbocycles. The normalized spacial score (nSPS) is 17.6. The zero-order chi connectivity index (χ0) is 12.5. The number of fused-ring (bicyclic) bond motifs is 1. The van der Waals surface area contributed by atoms with Crippen molar-refractivity contribution in [1.82, 2.24) is 0 Å². The minimum Gasteiger partial charge on any atom is -0.378 e. The van der Waals surface area contributed by atoms with Gasteiger partial charge in [0.15, 0.2) is 0 Å². The summed E-state index contributed by atoms with van der Waals surface area (Å²) in [6.07, 6.45) is 1.09. The molecule has 0 aliphatic carbocycles. The average molecular weight is 237 g/mol. The summed E-state index contributed by atoms with van der Waals surface area (Å²) in [6, 6.07) is 18.1. The van der Waals surface area contributed by atoms with E-state index in [0.29, 0.717) is 12.0 Å². The summed E-state index contributed by atoms with van der Waals surface area (Å²) in [5.74, 6) is 0.604. The Morgan fingerprint density at radius 1 is 1.00 bits per heavy atom. The lowest BCUT2D eigenvalue weighted by Crippen LogP contribution is -2.05. The number of hydrogen-bond acceptors (Lipinski definition) is 1. The lowest BCUT2D eigenvalue weighted by Gasteiger charge is -2.13. The molecule has 1 N–H and O–H groups in total. The summed E-state index contributed by atoms with van der Waals surface area (Å²) < 4.78 is 0. The SMILES string of the molecule is CC(C)c1ccc(C2Cc3ccccc3N2)cc1. The molecule has 0 amide bonds. The van der Waals surface area contributed by atoms with Crippen molar-refractivity contribution in [2.75, 3.05) is 5.32 Å². The van der Waals surface area contributed by atoms with Gasteiger partial charge in [0, 0.05) is 5.69 Å². The fraction of sp³-hybridized carbons (Fsp3) is 0.294. The maximum Gasteiger partial charge on any atom is 0.0555 e. The number of anilines is 1. The van der Waals surface area contributed by atoms with Gasteiger partial charge < -0.3 is 5.32 Å². The Morgan fingerprint density at radius 3 is 2.39 bits per heavy atom. The highest BCUT2D eigenvalue weighted by atomic mass is 14.9. The third-order valence-corrected chi connectivity index (χ3v) is 3.78. The number of rotatable bonds is 2. The van der Waals surface area contributed by atoms with Crippen molar-refractivity contribution >= 4 is 5.69 Å². The van der Waals surface area contributed by atoms with Gasteiger partial charge in [-0.2, -0.15) is 0 Å². The predicted molar refractivity (Wildman–Crippen MR) is 77.0 cm³/mol. The molecule has 0 saturated carbocycles. The molecule has 1 atom stereocenters. The molecule has 0 fully saturated rings. The van der Waals surface area contributed by atoms with Gasteiger partial charge in [0.05, 0.1) is 6.04 Å². The molecule has 1 nitrogen and oxygen atoms in total. The Morgan fingerprint density at radius 2 is 1.72 bits per heavy atom. The van der Waals surface area contributed by atoms with Crippen LogP contribution in [0.2, 0.25) is 0 Å². The summed E-state index contributed by atoms with van der Waals surface area (Å²) >= 11 is 0. The summed E-state index contributed by atoms with van der Waals surface area (Å²) in [5.41, 5.74) is 5.51. The van der Waals surface area contributed by atoms with Crippen molar-refractivity contribution in [3.63, 3.8) is 0 Å². The Hall–Kier alpha value is -1.76. The fourth-order valence-corrected chi connectivity index (χ4v) is 2.61. The van der Waals surface area contributed by atoms with Crippen LogP contribution in [-0.4, -0.2) is 0 Å². The molecule has 0 bridgehead atoms. The monoisotopic (exact) mass is 237 g/mol. The third kappa shape index (κ3) is 2.01. The van der Waals surface area contributed by atoms with Crippen LogP contribution < -0.4 is 5.32 Å². The molecule has 1 aliphatic rings. The first-order valence-electron chi connectivity index (χ1n) is 6.68. The zero-order valence-electron chi connectivity index (χ0n) is 11.0. The lowest BCUT2D eigenvalue weighted by atomic mass is 9.98. The minimum atomic E-state index is 0.434. The van der Waals surface area contributed by atoms with Gasteiger partial charge in [0.2, 0.25) is 0 Å². The molecule has 2 aromatic rings. The molecule has 3 rings (SSSR count). The fourth-order valence-electron chi connectivity index (χ4n) is 2.61. The lowest BCUT2D eigenvalue weighted by molar-refractivity contribution is 0.816. The van der Waals surface area contributed by atoms with Gasteiger partial charge in [-0.1, -0.05) is 56.3 Å². The first-order chi connectivity index (χ1) is 8.74. The smallest absolute Gasteiger partial charge is 0.0555 e. The van der Waals surface area contributed by atoms with E-state index in [1.807, 2.05) is 0 Å². The molecule has 0 spiro atoms. The Bertz CT molecular complexity index is 515. The minimum absolute atomic E-state index is 0.434. The van der Waals surface area contributed by atoms with Crippen molar-refractivity contribution in [3.8, 4) is 0 Å². The van der Waals surface area contributed by atoms with Crippen LogP contribution in [0.4, 0.5) is 5.69 Å². The Labute approximate surface area is 109 Å². The largest absolute Gasteiger partial charge is 0.378 e. The number of hydrogen-bond donors (Lipinski definition) is 1. The van der Waals surface area contributed by atoms with Gasteiger partial charge in [-0.3, -0.25) is 0 Å². The summed E-state index contributed by atoms with van der Waals surface area (Å²) in [7, 11) is 0. The molecule has 1 aliphatic heterocycles. The van der Waals surface area contributed by atoms with E-state index in [4.69, 9.17) is 0 Å². The van der Waals surface area contributed by atoms with Gasteiger partial charge in [0.25, 0.3) is 0 Å². The van der Waals surface area contributed by atoms with Gasteiger partial charge in [-0.05, 0) is 35.1 Å². The number of nitrogens with one attached hydrogen (secondary N) is 1. The van der Waals surface area contributed by atoms with E-state index in [1.165, 1.54) is 22.4 Å². The number of benzene rings is 2. The molecule has 1 heterocycles. The average Bonchev–Trinajstić information content (AvgIpc) is 2.82. The van der Waals surface area contributed by atoms with Crippen molar-refractivity contribution in [2.45, 2.75) is 32.2 Å². The first kappa shape index (κ1) is 11.3. The molecule has 18 heavy (non-hydrogen) atoms. The van der Waals surface area contributed by atoms with Crippen LogP contribution in [0.5, 0.6) is 0 Å². The molecule has 92 valence electrons. The van der Waals surface area contributed by atoms with Crippen molar-refractivity contribution in [1.29, 1.82) is 0 Å². The second-order valence-electron chi connectivity index (χ2n) is 5.38. The van der Waals surface area contributed by atoms with Gasteiger partial charge in [0.1, 0.15) is 0 Å². The Kier molecular flexibility index (Phi) is 2.83.